The highest BCUT2D eigenvalue weighted by atomic mass is 16.5. The van der Waals surface area contributed by atoms with Crippen molar-refractivity contribution in [3.63, 3.8) is 0 Å². The molecule has 0 aliphatic carbocycles. The van der Waals surface area contributed by atoms with Crippen LogP contribution < -0.4 is 10.6 Å². The molecule has 94 valence electrons. The number of ether oxygens (including phenoxy) is 1. The van der Waals surface area contributed by atoms with Gasteiger partial charge in [0, 0.05) is 13.0 Å². The Balaban J connectivity index is 1.90. The lowest BCUT2D eigenvalue weighted by Gasteiger charge is -2.24. The molecule has 0 spiro atoms. The van der Waals surface area contributed by atoms with Crippen LogP contribution in [0, 0.1) is 5.92 Å². The zero-order valence-corrected chi connectivity index (χ0v) is 9.69. The van der Waals surface area contributed by atoms with Gasteiger partial charge in [-0.3, -0.25) is 19.7 Å². The monoisotopic (exact) mass is 240 g/mol. The fraction of sp³-hybridized carbons (Fsp3) is 0.727. The molecule has 2 N–H and O–H groups in total. The van der Waals surface area contributed by atoms with Gasteiger partial charge in [0.2, 0.25) is 17.7 Å². The average Bonchev–Trinajstić information content (AvgIpc) is 2.68. The summed E-state index contributed by atoms with van der Waals surface area (Å²) in [6, 6.07) is -0.614. The SMILES string of the molecule is CC1CCOC1C(=O)NC1CCC(=O)NC1=O. The molecule has 3 amide bonds. The van der Waals surface area contributed by atoms with E-state index in [0.717, 1.165) is 6.42 Å². The summed E-state index contributed by atoms with van der Waals surface area (Å²) in [5.74, 6) is -0.806. The molecule has 3 atom stereocenters. The second-order valence-electron chi connectivity index (χ2n) is 4.57. The lowest BCUT2D eigenvalue weighted by Crippen LogP contribution is -2.54. The minimum absolute atomic E-state index is 0.170. The number of rotatable bonds is 2. The van der Waals surface area contributed by atoms with Crippen molar-refractivity contribution in [1.29, 1.82) is 0 Å². The summed E-state index contributed by atoms with van der Waals surface area (Å²) in [6.45, 7) is 2.52. The van der Waals surface area contributed by atoms with Gasteiger partial charge in [-0.1, -0.05) is 6.92 Å². The molecule has 0 bridgehead atoms. The van der Waals surface area contributed by atoms with Gasteiger partial charge in [-0.2, -0.15) is 0 Å². The third-order valence-corrected chi connectivity index (χ3v) is 3.20. The van der Waals surface area contributed by atoms with Gasteiger partial charge in [-0.25, -0.2) is 0 Å². The highest BCUT2D eigenvalue weighted by Crippen LogP contribution is 2.20. The Kier molecular flexibility index (Phi) is 3.42. The van der Waals surface area contributed by atoms with E-state index < -0.39 is 18.1 Å². The van der Waals surface area contributed by atoms with Crippen molar-refractivity contribution < 1.29 is 19.1 Å². The van der Waals surface area contributed by atoms with Crippen molar-refractivity contribution in [2.24, 2.45) is 5.92 Å². The largest absolute Gasteiger partial charge is 0.368 e. The Bertz CT molecular complexity index is 355. The molecule has 2 heterocycles. The first-order chi connectivity index (χ1) is 8.08. The summed E-state index contributed by atoms with van der Waals surface area (Å²) < 4.78 is 5.31. The molecule has 0 aromatic carbocycles. The number of hydrogen-bond acceptors (Lipinski definition) is 4. The second kappa shape index (κ2) is 4.83. The zero-order chi connectivity index (χ0) is 12.4. The van der Waals surface area contributed by atoms with E-state index >= 15 is 0 Å². The highest BCUT2D eigenvalue weighted by Gasteiger charge is 2.34. The molecule has 2 aliphatic heterocycles. The maximum Gasteiger partial charge on any atom is 0.250 e. The molecular formula is C11H16N2O4. The normalized spacial score (nSPS) is 33.4. The average molecular weight is 240 g/mol. The molecule has 2 aliphatic rings. The first-order valence-corrected chi connectivity index (χ1v) is 5.83. The Hall–Kier alpha value is -1.43. The van der Waals surface area contributed by atoms with E-state index in [1.807, 2.05) is 6.92 Å². The van der Waals surface area contributed by atoms with Gasteiger partial charge in [0.25, 0.3) is 0 Å². The van der Waals surface area contributed by atoms with Crippen LogP contribution in [-0.2, 0) is 19.1 Å². The number of hydrogen-bond donors (Lipinski definition) is 2. The topological polar surface area (TPSA) is 84.5 Å². The minimum Gasteiger partial charge on any atom is -0.368 e. The van der Waals surface area contributed by atoms with Crippen LogP contribution in [-0.4, -0.2) is 36.5 Å². The van der Waals surface area contributed by atoms with Crippen LogP contribution in [0.1, 0.15) is 26.2 Å². The summed E-state index contributed by atoms with van der Waals surface area (Å²) in [7, 11) is 0. The summed E-state index contributed by atoms with van der Waals surface area (Å²) in [4.78, 5) is 34.2. The highest BCUT2D eigenvalue weighted by molar-refractivity contribution is 6.01. The van der Waals surface area contributed by atoms with Gasteiger partial charge in [0.05, 0.1) is 0 Å². The van der Waals surface area contributed by atoms with E-state index in [4.69, 9.17) is 4.74 Å². The van der Waals surface area contributed by atoms with Crippen molar-refractivity contribution in [2.45, 2.75) is 38.3 Å². The maximum atomic E-state index is 11.9. The van der Waals surface area contributed by atoms with Gasteiger partial charge < -0.3 is 10.1 Å². The number of amides is 3. The van der Waals surface area contributed by atoms with E-state index in [1.54, 1.807) is 0 Å². The third-order valence-electron chi connectivity index (χ3n) is 3.20. The molecule has 2 saturated heterocycles. The lowest BCUT2D eigenvalue weighted by molar-refractivity contribution is -0.140. The van der Waals surface area contributed by atoms with Crippen molar-refractivity contribution in [1.82, 2.24) is 10.6 Å². The quantitative estimate of drug-likeness (QED) is 0.627. The summed E-state index contributed by atoms with van der Waals surface area (Å²) in [5.41, 5.74) is 0. The molecule has 0 saturated carbocycles. The number of piperidine rings is 1. The summed E-state index contributed by atoms with van der Waals surface area (Å²) in [5, 5.41) is 4.84. The van der Waals surface area contributed by atoms with E-state index in [0.29, 0.717) is 13.0 Å². The van der Waals surface area contributed by atoms with Crippen LogP contribution >= 0.6 is 0 Å². The van der Waals surface area contributed by atoms with Crippen LogP contribution in [0.15, 0.2) is 0 Å². The minimum atomic E-state index is -0.614. The van der Waals surface area contributed by atoms with Gasteiger partial charge in [-0.05, 0) is 18.8 Å². The van der Waals surface area contributed by atoms with E-state index in [1.165, 1.54) is 0 Å². The Labute approximate surface area is 99.1 Å². The smallest absolute Gasteiger partial charge is 0.250 e. The van der Waals surface area contributed by atoms with Crippen molar-refractivity contribution in [3.05, 3.63) is 0 Å². The standard InChI is InChI=1S/C11H16N2O4/c1-6-4-5-17-9(6)11(16)12-7-2-3-8(14)13-10(7)15/h6-7,9H,2-5H2,1H3,(H,12,16)(H,13,14,15). The molecule has 0 aromatic rings. The van der Waals surface area contributed by atoms with Crippen molar-refractivity contribution >= 4 is 17.7 Å². The van der Waals surface area contributed by atoms with E-state index in [-0.39, 0.29) is 24.2 Å². The fourth-order valence-electron chi connectivity index (χ4n) is 2.12. The summed E-state index contributed by atoms with van der Waals surface area (Å²) >= 11 is 0. The number of imide groups is 1. The molecular weight excluding hydrogens is 224 g/mol. The number of nitrogens with one attached hydrogen (secondary N) is 2. The predicted octanol–water partition coefficient (Wildman–Crippen LogP) is -0.667. The van der Waals surface area contributed by atoms with Crippen LogP contribution in [0.2, 0.25) is 0 Å². The van der Waals surface area contributed by atoms with Gasteiger partial charge >= 0.3 is 0 Å². The Morgan fingerprint density at radius 3 is 2.76 bits per heavy atom. The van der Waals surface area contributed by atoms with E-state index in [9.17, 15) is 14.4 Å². The molecule has 3 unspecified atom stereocenters. The zero-order valence-electron chi connectivity index (χ0n) is 9.69. The van der Waals surface area contributed by atoms with Crippen LogP contribution in [0.5, 0.6) is 0 Å². The number of carbonyl (C=O) groups is 3. The summed E-state index contributed by atoms with van der Waals surface area (Å²) in [6.07, 6.45) is 1.00. The molecule has 0 aromatic heterocycles. The lowest BCUT2D eigenvalue weighted by atomic mass is 10.0. The fourth-order valence-corrected chi connectivity index (χ4v) is 2.12. The third kappa shape index (κ3) is 2.63. The first-order valence-electron chi connectivity index (χ1n) is 5.83. The molecule has 17 heavy (non-hydrogen) atoms. The number of carbonyl (C=O) groups excluding carboxylic acids is 3. The van der Waals surface area contributed by atoms with Crippen molar-refractivity contribution in [2.75, 3.05) is 6.61 Å². The predicted molar refractivity (Wildman–Crippen MR) is 57.8 cm³/mol. The molecule has 6 heteroatoms. The Morgan fingerprint density at radius 2 is 2.18 bits per heavy atom. The van der Waals surface area contributed by atoms with E-state index in [2.05, 4.69) is 10.6 Å². The molecule has 2 fully saturated rings. The van der Waals surface area contributed by atoms with Crippen LogP contribution in [0.25, 0.3) is 0 Å². The van der Waals surface area contributed by atoms with Gasteiger partial charge in [0.1, 0.15) is 12.1 Å². The van der Waals surface area contributed by atoms with Crippen LogP contribution in [0.4, 0.5) is 0 Å². The maximum absolute atomic E-state index is 11.9. The van der Waals surface area contributed by atoms with Gasteiger partial charge in [-0.15, -0.1) is 0 Å². The van der Waals surface area contributed by atoms with Gasteiger partial charge in [0.15, 0.2) is 0 Å². The second-order valence-corrected chi connectivity index (χ2v) is 4.57. The molecule has 6 nitrogen and oxygen atoms in total. The molecule has 2 rings (SSSR count). The Morgan fingerprint density at radius 1 is 1.41 bits per heavy atom. The van der Waals surface area contributed by atoms with Crippen LogP contribution in [0.3, 0.4) is 0 Å². The first kappa shape index (κ1) is 12.0. The van der Waals surface area contributed by atoms with Crippen molar-refractivity contribution in [3.8, 4) is 0 Å². The molecule has 0 radical (unpaired) electrons.